The molecule has 5 heteroatoms. The van der Waals surface area contributed by atoms with Crippen LogP contribution in [-0.4, -0.2) is 9.79 Å². The molecule has 0 aromatic heterocycles. The maximum Gasteiger partial charge on any atom is 0.524 e. The number of hydrogen-bond donors (Lipinski definition) is 2. The Morgan fingerprint density at radius 1 is 1.45 bits per heavy atom. The van der Waals surface area contributed by atoms with Crippen LogP contribution < -0.4 is 0 Å². The van der Waals surface area contributed by atoms with Gasteiger partial charge in [-0.3, -0.25) is 9.79 Å². The average molecular weight is 180 g/mol. The lowest BCUT2D eigenvalue weighted by Gasteiger charge is -2.03. The lowest BCUT2D eigenvalue weighted by atomic mass is 10.2. The van der Waals surface area contributed by atoms with Crippen molar-refractivity contribution < 1.29 is 18.9 Å². The molecule has 66 valence electrons. The first-order valence-corrected chi connectivity index (χ1v) is 4.94. The van der Waals surface area contributed by atoms with E-state index < -0.39 is 7.82 Å². The summed E-state index contributed by atoms with van der Waals surface area (Å²) in [5, 5.41) is 0. The molecule has 0 fully saturated rings. The Kier molecular flexibility index (Phi) is 4.42. The second-order valence-electron chi connectivity index (χ2n) is 2.08. The Balaban J connectivity index is 3.99. The molecule has 0 rings (SSSR count). The highest BCUT2D eigenvalue weighted by Crippen LogP contribution is 2.36. The fourth-order valence-corrected chi connectivity index (χ4v) is 0.846. The fraction of sp³-hybridized carbons (Fsp3) is 0.667. The number of allylic oxidation sites excluding steroid dienone is 1. The van der Waals surface area contributed by atoms with Gasteiger partial charge < -0.3 is 4.52 Å². The van der Waals surface area contributed by atoms with E-state index in [0.717, 1.165) is 24.7 Å². The molecular formula is C6H13O4P. The number of phosphoric acid groups is 1. The molecule has 11 heavy (non-hydrogen) atoms. The summed E-state index contributed by atoms with van der Waals surface area (Å²) in [5.41, 5.74) is 0.883. The van der Waals surface area contributed by atoms with E-state index in [4.69, 9.17) is 9.79 Å². The highest BCUT2D eigenvalue weighted by atomic mass is 31.2. The lowest BCUT2D eigenvalue weighted by molar-refractivity contribution is 0.257. The van der Waals surface area contributed by atoms with Crippen LogP contribution in [0.15, 0.2) is 11.8 Å². The van der Waals surface area contributed by atoms with Crippen LogP contribution in [0.25, 0.3) is 0 Å². The molecule has 0 unspecified atom stereocenters. The minimum absolute atomic E-state index is 0.747. The number of phosphoric ester groups is 1. The van der Waals surface area contributed by atoms with Crippen molar-refractivity contribution >= 4 is 7.82 Å². The van der Waals surface area contributed by atoms with Crippen LogP contribution in [0.2, 0.25) is 0 Å². The molecule has 0 aliphatic rings. The minimum atomic E-state index is -4.32. The van der Waals surface area contributed by atoms with Crippen molar-refractivity contribution in [2.75, 3.05) is 0 Å². The van der Waals surface area contributed by atoms with Gasteiger partial charge in [0.15, 0.2) is 0 Å². The van der Waals surface area contributed by atoms with Gasteiger partial charge >= 0.3 is 7.82 Å². The van der Waals surface area contributed by atoms with Crippen LogP contribution in [0, 0.1) is 0 Å². The van der Waals surface area contributed by atoms with Gasteiger partial charge in [0.1, 0.15) is 0 Å². The average Bonchev–Trinajstić information content (AvgIpc) is 1.88. The molecule has 0 atom stereocenters. The van der Waals surface area contributed by atoms with Crippen molar-refractivity contribution in [1.82, 2.24) is 0 Å². The van der Waals surface area contributed by atoms with Gasteiger partial charge in [-0.25, -0.2) is 4.57 Å². The molecule has 0 aliphatic heterocycles. The quantitative estimate of drug-likeness (QED) is 0.511. The number of rotatable bonds is 4. The van der Waals surface area contributed by atoms with Crippen molar-refractivity contribution in [3.05, 3.63) is 11.8 Å². The Labute approximate surface area is 66.1 Å². The molecular weight excluding hydrogens is 167 g/mol. The van der Waals surface area contributed by atoms with Crippen LogP contribution in [0.5, 0.6) is 0 Å². The summed E-state index contributed by atoms with van der Waals surface area (Å²) in [7, 11) is -4.32. The first-order chi connectivity index (χ1) is 4.99. The molecule has 0 aromatic rings. The van der Waals surface area contributed by atoms with Crippen molar-refractivity contribution in [2.45, 2.75) is 26.7 Å². The van der Waals surface area contributed by atoms with Gasteiger partial charge in [0.25, 0.3) is 0 Å². The molecule has 0 amide bonds. The van der Waals surface area contributed by atoms with E-state index in [-0.39, 0.29) is 0 Å². The van der Waals surface area contributed by atoms with E-state index in [1.807, 2.05) is 13.8 Å². The summed E-state index contributed by atoms with van der Waals surface area (Å²) in [6, 6.07) is 0. The summed E-state index contributed by atoms with van der Waals surface area (Å²) in [5.74, 6) is 0. The molecule has 0 heterocycles. The zero-order valence-corrected chi connectivity index (χ0v) is 7.54. The standard InChI is InChI=1S/C6H13O4P/c1-3-6(4-2)5-10-11(7,8)9/h5H,3-4H2,1-2H3,(H2,7,8,9). The maximum atomic E-state index is 10.2. The van der Waals surface area contributed by atoms with Gasteiger partial charge in [0.2, 0.25) is 0 Å². The van der Waals surface area contributed by atoms with Crippen molar-refractivity contribution in [3.63, 3.8) is 0 Å². The van der Waals surface area contributed by atoms with Crippen LogP contribution in [0.3, 0.4) is 0 Å². The van der Waals surface area contributed by atoms with Gasteiger partial charge in [-0.1, -0.05) is 13.8 Å². The summed E-state index contributed by atoms with van der Waals surface area (Å²) < 4.78 is 14.4. The summed E-state index contributed by atoms with van der Waals surface area (Å²) >= 11 is 0. The maximum absolute atomic E-state index is 10.2. The molecule has 0 aliphatic carbocycles. The van der Waals surface area contributed by atoms with Crippen molar-refractivity contribution in [2.24, 2.45) is 0 Å². The number of hydrogen-bond acceptors (Lipinski definition) is 2. The highest BCUT2D eigenvalue weighted by Gasteiger charge is 2.11. The zero-order valence-electron chi connectivity index (χ0n) is 6.65. The monoisotopic (exact) mass is 180 g/mol. The molecule has 2 N–H and O–H groups in total. The minimum Gasteiger partial charge on any atom is -0.412 e. The van der Waals surface area contributed by atoms with Gasteiger partial charge in [-0.05, 0) is 18.4 Å². The summed E-state index contributed by atoms with van der Waals surface area (Å²) in [6.45, 7) is 3.80. The topological polar surface area (TPSA) is 66.8 Å². The van der Waals surface area contributed by atoms with E-state index in [9.17, 15) is 4.57 Å². The third kappa shape index (κ3) is 6.10. The smallest absolute Gasteiger partial charge is 0.412 e. The summed E-state index contributed by atoms with van der Waals surface area (Å²) in [4.78, 5) is 16.6. The molecule has 0 radical (unpaired) electrons. The predicted octanol–water partition coefficient (Wildman–Crippen LogP) is 1.80. The Bertz CT molecular complexity index is 175. The van der Waals surface area contributed by atoms with E-state index in [1.165, 1.54) is 0 Å². The largest absolute Gasteiger partial charge is 0.524 e. The molecule has 0 saturated carbocycles. The first-order valence-electron chi connectivity index (χ1n) is 3.41. The van der Waals surface area contributed by atoms with Crippen LogP contribution in [0.4, 0.5) is 0 Å². The zero-order chi connectivity index (χ0) is 8.91. The fourth-order valence-electron chi connectivity index (χ4n) is 0.560. The second-order valence-corrected chi connectivity index (χ2v) is 3.27. The van der Waals surface area contributed by atoms with Crippen molar-refractivity contribution in [1.29, 1.82) is 0 Å². The SMILES string of the molecule is CCC(=COP(=O)(O)O)CC. The van der Waals surface area contributed by atoms with E-state index >= 15 is 0 Å². The molecule has 0 spiro atoms. The van der Waals surface area contributed by atoms with E-state index in [0.29, 0.717) is 0 Å². The third-order valence-electron chi connectivity index (χ3n) is 1.26. The predicted molar refractivity (Wildman–Crippen MR) is 41.8 cm³/mol. The van der Waals surface area contributed by atoms with Crippen LogP contribution >= 0.6 is 7.82 Å². The third-order valence-corrected chi connectivity index (χ3v) is 1.64. The van der Waals surface area contributed by atoms with E-state index in [2.05, 4.69) is 4.52 Å². The van der Waals surface area contributed by atoms with Crippen LogP contribution in [-0.2, 0) is 9.09 Å². The molecule has 0 bridgehead atoms. The van der Waals surface area contributed by atoms with Crippen molar-refractivity contribution in [3.8, 4) is 0 Å². The first kappa shape index (κ1) is 10.7. The van der Waals surface area contributed by atoms with Crippen LogP contribution in [0.1, 0.15) is 26.7 Å². The van der Waals surface area contributed by atoms with Gasteiger partial charge in [-0.15, -0.1) is 0 Å². The Morgan fingerprint density at radius 3 is 2.18 bits per heavy atom. The summed E-state index contributed by atoms with van der Waals surface area (Å²) in [6.07, 6.45) is 2.63. The molecule has 0 saturated heterocycles. The Morgan fingerprint density at radius 2 is 1.91 bits per heavy atom. The Hall–Kier alpha value is -0.310. The molecule has 0 aromatic carbocycles. The molecule has 4 nitrogen and oxygen atoms in total. The van der Waals surface area contributed by atoms with E-state index in [1.54, 1.807) is 0 Å². The van der Waals surface area contributed by atoms with Gasteiger partial charge in [0.05, 0.1) is 6.26 Å². The lowest BCUT2D eigenvalue weighted by Crippen LogP contribution is -1.83. The van der Waals surface area contributed by atoms with Gasteiger partial charge in [0, 0.05) is 0 Å². The normalized spacial score (nSPS) is 10.9. The second kappa shape index (κ2) is 4.54. The highest BCUT2D eigenvalue weighted by molar-refractivity contribution is 7.46. The van der Waals surface area contributed by atoms with Gasteiger partial charge in [-0.2, -0.15) is 0 Å².